The minimum absolute atomic E-state index is 0.189. The molecule has 0 spiro atoms. The second-order valence-electron chi connectivity index (χ2n) is 6.22. The quantitative estimate of drug-likeness (QED) is 0.621. The van der Waals surface area contributed by atoms with Crippen LogP contribution in [0.4, 0.5) is 5.69 Å². The smallest absolute Gasteiger partial charge is 0.311 e. The number of carbonyl (C=O) groups is 1. The van der Waals surface area contributed by atoms with Crippen molar-refractivity contribution in [3.05, 3.63) is 102 Å². The van der Waals surface area contributed by atoms with Crippen LogP contribution < -0.4 is 5.32 Å². The van der Waals surface area contributed by atoms with Crippen molar-refractivity contribution in [3.8, 4) is 0 Å². The Kier molecular flexibility index (Phi) is 6.05. The molecule has 2 atom stereocenters. The third-order valence-corrected chi connectivity index (χ3v) is 4.46. The molecule has 0 heterocycles. The highest BCUT2D eigenvalue weighted by molar-refractivity contribution is 5.74. The maximum atomic E-state index is 12.7. The molecule has 3 heteroatoms. The molecule has 0 saturated carbocycles. The van der Waals surface area contributed by atoms with Gasteiger partial charge in [-0.05, 0) is 29.7 Å². The van der Waals surface area contributed by atoms with E-state index in [1.165, 1.54) is 7.11 Å². The maximum Gasteiger partial charge on any atom is 0.311 e. The molecule has 0 radical (unpaired) electrons. The fraction of sp³-hybridized carbons (Fsp3) is 0.174. The van der Waals surface area contributed by atoms with Crippen LogP contribution in [0.15, 0.2) is 91.0 Å². The first kappa shape index (κ1) is 17.7. The molecule has 3 aromatic rings. The number of para-hydroxylation sites is 1. The van der Waals surface area contributed by atoms with Crippen molar-refractivity contribution in [2.45, 2.75) is 12.5 Å². The van der Waals surface area contributed by atoms with E-state index in [0.717, 1.165) is 16.8 Å². The Morgan fingerprint density at radius 3 is 1.96 bits per heavy atom. The number of anilines is 1. The monoisotopic (exact) mass is 345 g/mol. The predicted molar refractivity (Wildman–Crippen MR) is 105 cm³/mol. The Labute approximate surface area is 154 Å². The van der Waals surface area contributed by atoms with Crippen molar-refractivity contribution in [1.82, 2.24) is 0 Å². The minimum Gasteiger partial charge on any atom is -0.469 e. The first-order valence-electron chi connectivity index (χ1n) is 8.76. The van der Waals surface area contributed by atoms with Gasteiger partial charge in [-0.1, -0.05) is 78.9 Å². The lowest BCUT2D eigenvalue weighted by atomic mass is 9.87. The summed E-state index contributed by atoms with van der Waals surface area (Å²) in [7, 11) is 1.45. The van der Waals surface area contributed by atoms with Crippen LogP contribution in [0.3, 0.4) is 0 Å². The first-order chi connectivity index (χ1) is 12.8. The van der Waals surface area contributed by atoms with E-state index in [0.29, 0.717) is 6.42 Å². The van der Waals surface area contributed by atoms with Crippen LogP contribution in [0.25, 0.3) is 0 Å². The second-order valence-corrected chi connectivity index (χ2v) is 6.22. The Bertz CT molecular complexity index is 803. The number of methoxy groups -OCH3 is 1. The Balaban J connectivity index is 1.96. The van der Waals surface area contributed by atoms with E-state index in [1.807, 2.05) is 91.0 Å². The summed E-state index contributed by atoms with van der Waals surface area (Å²) in [6.45, 7) is 0. The summed E-state index contributed by atoms with van der Waals surface area (Å²) < 4.78 is 5.15. The fourth-order valence-corrected chi connectivity index (χ4v) is 3.15. The van der Waals surface area contributed by atoms with Crippen molar-refractivity contribution in [1.29, 1.82) is 0 Å². The number of hydrogen-bond acceptors (Lipinski definition) is 3. The van der Waals surface area contributed by atoms with E-state index in [4.69, 9.17) is 4.74 Å². The number of carbonyl (C=O) groups excluding carboxylic acids is 1. The number of hydrogen-bond donors (Lipinski definition) is 1. The van der Waals surface area contributed by atoms with E-state index >= 15 is 0 Å². The van der Waals surface area contributed by atoms with Gasteiger partial charge in [0.05, 0.1) is 19.1 Å². The Morgan fingerprint density at radius 1 is 0.846 bits per heavy atom. The Morgan fingerprint density at radius 2 is 1.38 bits per heavy atom. The molecule has 0 bridgehead atoms. The van der Waals surface area contributed by atoms with E-state index < -0.39 is 0 Å². The van der Waals surface area contributed by atoms with Crippen molar-refractivity contribution < 1.29 is 9.53 Å². The van der Waals surface area contributed by atoms with Crippen molar-refractivity contribution in [2.24, 2.45) is 5.92 Å². The largest absolute Gasteiger partial charge is 0.469 e. The summed E-state index contributed by atoms with van der Waals surface area (Å²) >= 11 is 0. The molecule has 3 nitrogen and oxygen atoms in total. The molecule has 132 valence electrons. The van der Waals surface area contributed by atoms with Gasteiger partial charge in [-0.25, -0.2) is 0 Å². The number of benzene rings is 3. The van der Waals surface area contributed by atoms with Crippen LogP contribution in [0, 0.1) is 5.92 Å². The molecule has 0 aliphatic carbocycles. The van der Waals surface area contributed by atoms with E-state index in [2.05, 4.69) is 5.32 Å². The third-order valence-electron chi connectivity index (χ3n) is 4.46. The average molecular weight is 345 g/mol. The molecule has 3 aromatic carbocycles. The third kappa shape index (κ3) is 4.51. The van der Waals surface area contributed by atoms with Gasteiger partial charge in [0, 0.05) is 5.69 Å². The molecule has 0 saturated heterocycles. The standard InChI is InChI=1S/C23H23NO2/c1-26-23(25)21(17-18-11-5-2-6-12-18)22(19-13-7-3-8-14-19)24-20-15-9-4-10-16-20/h2-16,21-22,24H,17H2,1H3/t21-,22+/m1/s1. The predicted octanol–water partition coefficient (Wildman–Crippen LogP) is 4.87. The Hall–Kier alpha value is -3.07. The van der Waals surface area contributed by atoms with Gasteiger partial charge in [-0.3, -0.25) is 4.79 Å². The molecule has 3 rings (SSSR count). The van der Waals surface area contributed by atoms with Gasteiger partial charge in [0.1, 0.15) is 0 Å². The molecule has 0 amide bonds. The van der Waals surface area contributed by atoms with Gasteiger partial charge in [-0.15, -0.1) is 0 Å². The van der Waals surface area contributed by atoms with Crippen molar-refractivity contribution in [3.63, 3.8) is 0 Å². The zero-order valence-corrected chi connectivity index (χ0v) is 14.8. The molecule has 0 fully saturated rings. The lowest BCUT2D eigenvalue weighted by Crippen LogP contribution is -2.30. The normalized spacial score (nSPS) is 12.8. The summed E-state index contributed by atoms with van der Waals surface area (Å²) in [5, 5.41) is 3.53. The van der Waals surface area contributed by atoms with Gasteiger partial charge in [-0.2, -0.15) is 0 Å². The summed E-state index contributed by atoms with van der Waals surface area (Å²) in [6.07, 6.45) is 0.604. The minimum atomic E-state index is -0.343. The molecule has 0 aromatic heterocycles. The van der Waals surface area contributed by atoms with E-state index in [9.17, 15) is 4.79 Å². The second kappa shape index (κ2) is 8.86. The van der Waals surface area contributed by atoms with Crippen LogP contribution in [0.1, 0.15) is 17.2 Å². The van der Waals surface area contributed by atoms with Crippen molar-refractivity contribution >= 4 is 11.7 Å². The van der Waals surface area contributed by atoms with Crippen molar-refractivity contribution in [2.75, 3.05) is 12.4 Å². The van der Waals surface area contributed by atoms with Crippen LogP contribution >= 0.6 is 0 Å². The summed E-state index contributed by atoms with van der Waals surface area (Å²) in [5.41, 5.74) is 3.14. The van der Waals surface area contributed by atoms with Crippen LogP contribution in [0.5, 0.6) is 0 Å². The highest BCUT2D eigenvalue weighted by Crippen LogP contribution is 2.30. The molecular weight excluding hydrogens is 322 g/mol. The molecule has 1 N–H and O–H groups in total. The molecular formula is C23H23NO2. The maximum absolute atomic E-state index is 12.7. The van der Waals surface area contributed by atoms with Gasteiger partial charge < -0.3 is 10.1 Å². The topological polar surface area (TPSA) is 38.3 Å². The average Bonchev–Trinajstić information content (AvgIpc) is 2.72. The lowest BCUT2D eigenvalue weighted by molar-refractivity contribution is -0.146. The zero-order valence-electron chi connectivity index (χ0n) is 14.8. The van der Waals surface area contributed by atoms with E-state index in [-0.39, 0.29) is 17.9 Å². The molecule has 26 heavy (non-hydrogen) atoms. The summed E-state index contributed by atoms with van der Waals surface area (Å²) in [4.78, 5) is 12.7. The fourth-order valence-electron chi connectivity index (χ4n) is 3.15. The number of esters is 1. The molecule has 0 unspecified atom stereocenters. The van der Waals surface area contributed by atoms with Gasteiger partial charge in [0.2, 0.25) is 0 Å². The first-order valence-corrected chi connectivity index (χ1v) is 8.76. The number of ether oxygens (including phenoxy) is 1. The summed E-state index contributed by atoms with van der Waals surface area (Å²) in [5.74, 6) is -0.559. The zero-order chi connectivity index (χ0) is 18.2. The van der Waals surface area contributed by atoms with Crippen LogP contribution in [-0.2, 0) is 16.0 Å². The SMILES string of the molecule is COC(=O)[C@H](Cc1ccccc1)[C@@H](Nc1ccccc1)c1ccccc1. The highest BCUT2D eigenvalue weighted by Gasteiger charge is 2.30. The highest BCUT2D eigenvalue weighted by atomic mass is 16.5. The van der Waals surface area contributed by atoms with Gasteiger partial charge in [0.15, 0.2) is 0 Å². The van der Waals surface area contributed by atoms with Crippen LogP contribution in [0.2, 0.25) is 0 Å². The van der Waals surface area contributed by atoms with Gasteiger partial charge >= 0.3 is 5.97 Å². The van der Waals surface area contributed by atoms with E-state index in [1.54, 1.807) is 0 Å². The number of rotatable bonds is 7. The lowest BCUT2D eigenvalue weighted by Gasteiger charge is -2.28. The van der Waals surface area contributed by atoms with Crippen LogP contribution in [-0.4, -0.2) is 13.1 Å². The summed E-state index contributed by atoms with van der Waals surface area (Å²) in [6, 6.07) is 29.9. The molecule has 0 aliphatic rings. The van der Waals surface area contributed by atoms with Gasteiger partial charge in [0.25, 0.3) is 0 Å². The number of nitrogens with one attached hydrogen (secondary N) is 1. The molecule has 0 aliphatic heterocycles.